The summed E-state index contributed by atoms with van der Waals surface area (Å²) >= 11 is 0. The maximum Gasteiger partial charge on any atom is 0.251 e. The molecule has 2 aliphatic rings. The van der Waals surface area contributed by atoms with Crippen molar-refractivity contribution in [1.29, 1.82) is 0 Å². The van der Waals surface area contributed by atoms with Crippen LogP contribution in [0, 0.1) is 0 Å². The van der Waals surface area contributed by atoms with Crippen LogP contribution in [-0.4, -0.2) is 10.3 Å². The predicted octanol–water partition coefficient (Wildman–Crippen LogP) is 2.38. The van der Waals surface area contributed by atoms with E-state index >= 15 is 0 Å². The molecular weight excluding hydrogens is 224 g/mol. The first-order chi connectivity index (χ1) is 8.84. The molecule has 3 nitrogen and oxygen atoms in total. The van der Waals surface area contributed by atoms with Gasteiger partial charge in [-0.05, 0) is 12.1 Å². The number of hydrogen-bond acceptors (Lipinski definition) is 2. The van der Waals surface area contributed by atoms with Gasteiger partial charge in [-0.25, -0.2) is 4.99 Å². The highest BCUT2D eigenvalue weighted by Crippen LogP contribution is 2.37. The van der Waals surface area contributed by atoms with Crippen LogP contribution in [0.2, 0.25) is 0 Å². The summed E-state index contributed by atoms with van der Waals surface area (Å²) in [6.07, 6.45) is 2.08. The van der Waals surface area contributed by atoms with Gasteiger partial charge in [0.1, 0.15) is 0 Å². The van der Waals surface area contributed by atoms with E-state index in [1.807, 2.05) is 24.3 Å². The van der Waals surface area contributed by atoms with Crippen molar-refractivity contribution in [3.63, 3.8) is 0 Å². The molecule has 0 N–H and O–H groups in total. The van der Waals surface area contributed by atoms with Gasteiger partial charge in [0.25, 0.3) is 5.56 Å². The third-order valence-corrected chi connectivity index (χ3v) is 3.45. The van der Waals surface area contributed by atoms with Crippen LogP contribution in [0.15, 0.2) is 58.3 Å². The Morgan fingerprint density at radius 1 is 1.06 bits per heavy atom. The molecule has 2 aliphatic heterocycles. The molecule has 0 bridgehead atoms. The number of benzene rings is 1. The van der Waals surface area contributed by atoms with Crippen LogP contribution < -0.4 is 5.56 Å². The third-order valence-electron chi connectivity index (χ3n) is 3.45. The molecule has 0 radical (unpaired) electrons. The van der Waals surface area contributed by atoms with Crippen molar-refractivity contribution in [2.24, 2.45) is 4.99 Å². The van der Waals surface area contributed by atoms with Crippen molar-refractivity contribution in [3.05, 3.63) is 70.2 Å². The predicted molar refractivity (Wildman–Crippen MR) is 71.3 cm³/mol. The second-order valence-electron chi connectivity index (χ2n) is 4.46. The van der Waals surface area contributed by atoms with Gasteiger partial charge in [0.15, 0.2) is 0 Å². The summed E-state index contributed by atoms with van der Waals surface area (Å²) in [6, 6.07) is 13.4. The molecule has 0 saturated carbocycles. The highest BCUT2D eigenvalue weighted by atomic mass is 16.1. The van der Waals surface area contributed by atoms with Gasteiger partial charge in [0, 0.05) is 23.7 Å². The lowest BCUT2D eigenvalue weighted by atomic mass is 9.98. The standard InChI is InChI=1S/C15H10N2O/c18-14-7-3-6-13-15-11(8-9-17(13)14)10-4-1-2-5-12(10)16-15/h1-8H,9H2. The van der Waals surface area contributed by atoms with Crippen LogP contribution >= 0.6 is 0 Å². The van der Waals surface area contributed by atoms with Crippen LogP contribution in [0.1, 0.15) is 11.3 Å². The summed E-state index contributed by atoms with van der Waals surface area (Å²) < 4.78 is 1.76. The monoisotopic (exact) mass is 234 g/mol. The summed E-state index contributed by atoms with van der Waals surface area (Å²) in [5, 5.41) is 0. The van der Waals surface area contributed by atoms with Crippen LogP contribution in [0.25, 0.3) is 5.57 Å². The lowest BCUT2D eigenvalue weighted by Crippen LogP contribution is -2.27. The number of aromatic nitrogens is 1. The maximum absolute atomic E-state index is 11.8. The Morgan fingerprint density at radius 2 is 1.94 bits per heavy atom. The highest BCUT2D eigenvalue weighted by molar-refractivity contribution is 6.35. The van der Waals surface area contributed by atoms with Gasteiger partial charge in [0.2, 0.25) is 0 Å². The smallest absolute Gasteiger partial charge is 0.251 e. The molecule has 3 heteroatoms. The van der Waals surface area contributed by atoms with Crippen LogP contribution in [0.3, 0.4) is 0 Å². The lowest BCUT2D eigenvalue weighted by molar-refractivity contribution is 0.766. The topological polar surface area (TPSA) is 34.4 Å². The summed E-state index contributed by atoms with van der Waals surface area (Å²) in [6.45, 7) is 0.623. The van der Waals surface area contributed by atoms with Crippen molar-refractivity contribution >= 4 is 17.0 Å². The minimum absolute atomic E-state index is 0.0291. The third kappa shape index (κ3) is 1.13. The first-order valence-corrected chi connectivity index (χ1v) is 5.93. The van der Waals surface area contributed by atoms with Crippen LogP contribution in [0.5, 0.6) is 0 Å². The molecule has 0 spiro atoms. The van der Waals surface area contributed by atoms with Crippen molar-refractivity contribution in [2.45, 2.75) is 6.54 Å². The average Bonchev–Trinajstić information content (AvgIpc) is 2.78. The molecule has 86 valence electrons. The van der Waals surface area contributed by atoms with Crippen LogP contribution in [-0.2, 0) is 6.54 Å². The molecular formula is C15H10N2O. The first kappa shape index (κ1) is 9.59. The zero-order valence-corrected chi connectivity index (χ0v) is 9.63. The van der Waals surface area contributed by atoms with Gasteiger partial charge in [-0.3, -0.25) is 4.79 Å². The molecule has 0 aliphatic carbocycles. The van der Waals surface area contributed by atoms with Crippen molar-refractivity contribution in [1.82, 2.24) is 4.57 Å². The lowest BCUT2D eigenvalue weighted by Gasteiger charge is -2.17. The molecule has 18 heavy (non-hydrogen) atoms. The van der Waals surface area contributed by atoms with E-state index in [4.69, 9.17) is 0 Å². The molecule has 4 rings (SSSR count). The fourth-order valence-corrected chi connectivity index (χ4v) is 2.61. The zero-order valence-electron chi connectivity index (χ0n) is 9.63. The number of aliphatic imine (C=N–C) groups is 1. The fourth-order valence-electron chi connectivity index (χ4n) is 2.61. The first-order valence-electron chi connectivity index (χ1n) is 5.93. The molecule has 0 fully saturated rings. The summed E-state index contributed by atoms with van der Waals surface area (Å²) in [5.74, 6) is 0. The number of nitrogens with zero attached hydrogens (tertiary/aromatic N) is 2. The second-order valence-corrected chi connectivity index (χ2v) is 4.46. The number of rotatable bonds is 0. The Labute approximate surface area is 104 Å². The van der Waals surface area contributed by atoms with E-state index in [0.717, 1.165) is 28.2 Å². The second kappa shape index (κ2) is 3.29. The molecule has 0 amide bonds. The van der Waals surface area contributed by atoms with Gasteiger partial charge >= 0.3 is 0 Å². The van der Waals surface area contributed by atoms with E-state index in [2.05, 4.69) is 17.1 Å². The molecule has 3 heterocycles. The molecule has 1 aromatic carbocycles. The van der Waals surface area contributed by atoms with E-state index in [0.29, 0.717) is 6.54 Å². The Balaban J connectivity index is 2.02. The molecule has 2 aromatic rings. The van der Waals surface area contributed by atoms with Crippen molar-refractivity contribution in [3.8, 4) is 0 Å². The quantitative estimate of drug-likeness (QED) is 0.689. The van der Waals surface area contributed by atoms with Gasteiger partial charge < -0.3 is 4.57 Å². The number of para-hydroxylation sites is 1. The molecule has 1 aromatic heterocycles. The molecule has 0 atom stereocenters. The molecule has 0 saturated heterocycles. The average molecular weight is 234 g/mol. The number of fused-ring (bicyclic) bond motifs is 5. The number of hydrogen-bond donors (Lipinski definition) is 0. The normalized spacial score (nSPS) is 15.3. The summed E-state index contributed by atoms with van der Waals surface area (Å²) in [4.78, 5) is 16.4. The van der Waals surface area contributed by atoms with Gasteiger partial charge in [0.05, 0.1) is 17.1 Å². The van der Waals surface area contributed by atoms with Gasteiger partial charge in [-0.1, -0.05) is 30.3 Å². The van der Waals surface area contributed by atoms with E-state index < -0.39 is 0 Å². The van der Waals surface area contributed by atoms with E-state index in [1.54, 1.807) is 16.7 Å². The largest absolute Gasteiger partial charge is 0.303 e. The van der Waals surface area contributed by atoms with E-state index in [9.17, 15) is 4.79 Å². The Morgan fingerprint density at radius 3 is 2.89 bits per heavy atom. The van der Waals surface area contributed by atoms with Gasteiger partial charge in [-0.2, -0.15) is 0 Å². The van der Waals surface area contributed by atoms with Crippen LogP contribution in [0.4, 0.5) is 5.69 Å². The maximum atomic E-state index is 11.8. The summed E-state index contributed by atoms with van der Waals surface area (Å²) in [7, 11) is 0. The van der Waals surface area contributed by atoms with Gasteiger partial charge in [-0.15, -0.1) is 0 Å². The molecule has 0 unspecified atom stereocenters. The highest BCUT2D eigenvalue weighted by Gasteiger charge is 2.26. The zero-order chi connectivity index (χ0) is 12.1. The van der Waals surface area contributed by atoms with Crippen molar-refractivity contribution < 1.29 is 0 Å². The Bertz CT molecular complexity index is 781. The van der Waals surface area contributed by atoms with Crippen molar-refractivity contribution in [2.75, 3.05) is 0 Å². The summed E-state index contributed by atoms with van der Waals surface area (Å²) in [5.41, 5.74) is 5.16. The van der Waals surface area contributed by atoms with E-state index in [1.165, 1.54) is 0 Å². The SMILES string of the molecule is O=c1cccc2n1CC=C1C2=Nc2ccccc21. The number of pyridine rings is 1. The van der Waals surface area contributed by atoms with E-state index in [-0.39, 0.29) is 5.56 Å². The minimum atomic E-state index is 0.0291. The minimum Gasteiger partial charge on any atom is -0.303 e. The fraction of sp³-hybridized carbons (Fsp3) is 0.0667. The Hall–Kier alpha value is -2.42. The number of allylic oxidation sites excluding steroid dienone is 2. The Kier molecular flexibility index (Phi) is 1.75.